The van der Waals surface area contributed by atoms with Crippen LogP contribution in [0, 0.1) is 0 Å². The van der Waals surface area contributed by atoms with Gasteiger partial charge in [0.15, 0.2) is 0 Å². The Hall–Kier alpha value is 1.37. The van der Waals surface area contributed by atoms with E-state index in [9.17, 15) is 0 Å². The zero-order valence-corrected chi connectivity index (χ0v) is 18.1. The van der Waals surface area contributed by atoms with E-state index in [0.29, 0.717) is 0 Å². The molecular weight excluding hydrogens is 551 g/mol. The van der Waals surface area contributed by atoms with Crippen molar-refractivity contribution in [3.8, 4) is 0 Å². The van der Waals surface area contributed by atoms with E-state index in [4.69, 9.17) is 0 Å². The quantitative estimate of drug-likeness (QED) is 0.347. The zero-order chi connectivity index (χ0) is 10.6. The van der Waals surface area contributed by atoms with Crippen molar-refractivity contribution in [2.45, 2.75) is 26.2 Å². The van der Waals surface area contributed by atoms with Crippen molar-refractivity contribution in [2.75, 3.05) is 21.1 Å². The number of nitrogens with zero attached hydrogens (tertiary/aromatic N) is 1. The van der Waals surface area contributed by atoms with Crippen LogP contribution in [-0.4, -0.2) is 21.1 Å². The molecule has 0 bridgehead atoms. The Morgan fingerprint density at radius 3 is 1.71 bits per heavy atom. The summed E-state index contributed by atoms with van der Waals surface area (Å²) in [7, 11) is 6.59. The molecule has 0 N–H and O–H groups in total. The molecule has 1 rings (SSSR count). The number of quaternary nitrogens is 1. The standard InChI is InChI=1S/C13H22N.3HI/c1-5-6-7-12-8-10-13(11-9-12)14(2,3)4;;;/h8-11H,5-7H2,1-4H3;3*1H/q+1;;;. The molecule has 0 fully saturated rings. The molecule has 0 spiro atoms. The van der Waals surface area contributed by atoms with Crippen LogP contribution >= 0.6 is 71.9 Å². The van der Waals surface area contributed by atoms with Crippen molar-refractivity contribution >= 4 is 77.6 Å². The predicted octanol–water partition coefficient (Wildman–Crippen LogP) is 5.08. The summed E-state index contributed by atoms with van der Waals surface area (Å²) in [6.45, 7) is 2.24. The van der Waals surface area contributed by atoms with Crippen LogP contribution in [0.2, 0.25) is 0 Å². The van der Waals surface area contributed by atoms with Gasteiger partial charge in [-0.05, 0) is 30.5 Å². The Morgan fingerprint density at radius 2 is 1.35 bits per heavy atom. The van der Waals surface area contributed by atoms with E-state index in [0.717, 1.165) is 4.48 Å². The van der Waals surface area contributed by atoms with Gasteiger partial charge in [0.05, 0.1) is 21.1 Å². The maximum absolute atomic E-state index is 2.26. The molecule has 0 aromatic heterocycles. The Labute approximate surface area is 157 Å². The highest BCUT2D eigenvalue weighted by molar-refractivity contribution is 14.0. The van der Waals surface area contributed by atoms with Gasteiger partial charge in [-0.3, -0.25) is 4.48 Å². The summed E-state index contributed by atoms with van der Waals surface area (Å²) < 4.78 is 0.897. The molecule has 102 valence electrons. The Bertz CT molecular complexity index is 278. The fraction of sp³-hybridized carbons (Fsp3) is 0.538. The maximum atomic E-state index is 2.26. The minimum atomic E-state index is 0. The molecule has 0 aliphatic carbocycles. The summed E-state index contributed by atoms with van der Waals surface area (Å²) in [5.41, 5.74) is 2.83. The SMILES string of the molecule is CCCCc1ccc([N+](C)(C)C)cc1.I.I.I. The van der Waals surface area contributed by atoms with Gasteiger partial charge in [0.25, 0.3) is 0 Å². The summed E-state index contributed by atoms with van der Waals surface area (Å²) in [4.78, 5) is 0. The second kappa shape index (κ2) is 11.2. The lowest BCUT2D eigenvalue weighted by atomic mass is 10.1. The van der Waals surface area contributed by atoms with Gasteiger partial charge in [0.1, 0.15) is 5.69 Å². The Balaban J connectivity index is -0.000000653. The molecule has 4 heteroatoms. The summed E-state index contributed by atoms with van der Waals surface area (Å²) in [6, 6.07) is 9.00. The molecule has 0 aliphatic rings. The van der Waals surface area contributed by atoms with E-state index in [2.05, 4.69) is 52.3 Å². The number of halogens is 3. The first-order valence-corrected chi connectivity index (χ1v) is 5.45. The van der Waals surface area contributed by atoms with E-state index in [-0.39, 0.29) is 71.9 Å². The maximum Gasteiger partial charge on any atom is 0.132 e. The molecule has 0 amide bonds. The zero-order valence-electron chi connectivity index (χ0n) is 11.1. The predicted molar refractivity (Wildman–Crippen MR) is 111 cm³/mol. The normalized spacial score (nSPS) is 9.65. The van der Waals surface area contributed by atoms with Crippen LogP contribution in [0.4, 0.5) is 5.69 Å². The molecule has 1 aromatic carbocycles. The summed E-state index contributed by atoms with van der Waals surface area (Å²) in [5.74, 6) is 0. The van der Waals surface area contributed by atoms with Gasteiger partial charge in [-0.1, -0.05) is 25.5 Å². The third-order valence-corrected chi connectivity index (χ3v) is 2.53. The lowest BCUT2D eigenvalue weighted by Gasteiger charge is -2.23. The number of rotatable bonds is 4. The first-order valence-electron chi connectivity index (χ1n) is 5.45. The lowest BCUT2D eigenvalue weighted by Crippen LogP contribution is -2.34. The van der Waals surface area contributed by atoms with Crippen LogP contribution < -0.4 is 4.48 Å². The third kappa shape index (κ3) is 8.99. The van der Waals surface area contributed by atoms with Gasteiger partial charge in [-0.15, -0.1) is 71.9 Å². The van der Waals surface area contributed by atoms with E-state index < -0.39 is 0 Å². The molecule has 0 atom stereocenters. The number of aryl methyl sites for hydroxylation is 1. The van der Waals surface area contributed by atoms with E-state index in [1.807, 2.05) is 0 Å². The first kappa shape index (κ1) is 23.5. The van der Waals surface area contributed by atoms with E-state index in [1.165, 1.54) is 30.5 Å². The second-order valence-corrected chi connectivity index (χ2v) is 4.78. The number of benzene rings is 1. The average molecular weight is 576 g/mol. The largest absolute Gasteiger partial charge is 0.298 e. The van der Waals surface area contributed by atoms with E-state index in [1.54, 1.807) is 0 Å². The molecular formula is C13H25I3N+. The number of unbranched alkanes of at least 4 members (excludes halogenated alkanes) is 1. The van der Waals surface area contributed by atoms with Crippen molar-refractivity contribution in [2.24, 2.45) is 0 Å². The van der Waals surface area contributed by atoms with Gasteiger partial charge in [0, 0.05) is 0 Å². The van der Waals surface area contributed by atoms with E-state index >= 15 is 0 Å². The van der Waals surface area contributed by atoms with Crippen molar-refractivity contribution in [1.82, 2.24) is 4.48 Å². The van der Waals surface area contributed by atoms with Crippen LogP contribution in [0.25, 0.3) is 0 Å². The van der Waals surface area contributed by atoms with Crippen LogP contribution in [0.1, 0.15) is 25.3 Å². The molecule has 17 heavy (non-hydrogen) atoms. The molecule has 0 saturated heterocycles. The minimum absolute atomic E-state index is 0. The Kier molecular flexibility index (Phi) is 15.5. The lowest BCUT2D eigenvalue weighted by molar-refractivity contribution is 0.486. The van der Waals surface area contributed by atoms with Gasteiger partial charge in [-0.25, -0.2) is 0 Å². The van der Waals surface area contributed by atoms with Gasteiger partial charge in [0.2, 0.25) is 0 Å². The second-order valence-electron chi connectivity index (χ2n) is 4.78. The number of hydrogen-bond donors (Lipinski definition) is 0. The monoisotopic (exact) mass is 576 g/mol. The van der Waals surface area contributed by atoms with Crippen molar-refractivity contribution in [3.05, 3.63) is 29.8 Å². The van der Waals surface area contributed by atoms with Crippen LogP contribution in [0.15, 0.2) is 24.3 Å². The van der Waals surface area contributed by atoms with Crippen LogP contribution in [0.5, 0.6) is 0 Å². The minimum Gasteiger partial charge on any atom is -0.298 e. The molecule has 1 aromatic rings. The third-order valence-electron chi connectivity index (χ3n) is 2.53. The topological polar surface area (TPSA) is 0 Å². The van der Waals surface area contributed by atoms with Crippen molar-refractivity contribution in [3.63, 3.8) is 0 Å². The summed E-state index contributed by atoms with van der Waals surface area (Å²) in [6.07, 6.45) is 3.79. The van der Waals surface area contributed by atoms with Gasteiger partial charge in [-0.2, -0.15) is 0 Å². The summed E-state index contributed by atoms with van der Waals surface area (Å²) in [5, 5.41) is 0. The highest BCUT2D eigenvalue weighted by Crippen LogP contribution is 2.17. The van der Waals surface area contributed by atoms with Gasteiger partial charge < -0.3 is 0 Å². The van der Waals surface area contributed by atoms with Crippen LogP contribution in [-0.2, 0) is 6.42 Å². The molecule has 0 radical (unpaired) electrons. The molecule has 0 heterocycles. The summed E-state index contributed by atoms with van der Waals surface area (Å²) >= 11 is 0. The molecule has 0 aliphatic heterocycles. The molecule has 0 saturated carbocycles. The highest BCUT2D eigenvalue weighted by Gasteiger charge is 2.10. The molecule has 0 unspecified atom stereocenters. The Morgan fingerprint density at radius 1 is 0.882 bits per heavy atom. The van der Waals surface area contributed by atoms with Crippen molar-refractivity contribution in [1.29, 1.82) is 0 Å². The smallest absolute Gasteiger partial charge is 0.132 e. The fourth-order valence-corrected chi connectivity index (χ4v) is 1.49. The van der Waals surface area contributed by atoms with Crippen molar-refractivity contribution < 1.29 is 0 Å². The average Bonchev–Trinajstić information content (AvgIpc) is 2.14. The highest BCUT2D eigenvalue weighted by atomic mass is 127. The van der Waals surface area contributed by atoms with Gasteiger partial charge >= 0.3 is 0 Å². The number of hydrogen-bond acceptors (Lipinski definition) is 0. The van der Waals surface area contributed by atoms with Crippen LogP contribution in [0.3, 0.4) is 0 Å². The first-order chi connectivity index (χ1) is 6.54. The molecule has 1 nitrogen and oxygen atoms in total. The fourth-order valence-electron chi connectivity index (χ4n) is 1.49.